The van der Waals surface area contributed by atoms with E-state index in [0.29, 0.717) is 5.02 Å². The predicted molar refractivity (Wildman–Crippen MR) is 72.0 cm³/mol. The van der Waals surface area contributed by atoms with E-state index in [1.807, 2.05) is 12.1 Å². The predicted octanol–water partition coefficient (Wildman–Crippen LogP) is 2.93. The molecular weight excluding hydrogens is 248 g/mol. The number of phenolic OH excluding ortho intramolecular Hbond substituents is 1. The highest BCUT2D eigenvalue weighted by molar-refractivity contribution is 6.30. The van der Waals surface area contributed by atoms with Gasteiger partial charge < -0.3 is 15.0 Å². The highest BCUT2D eigenvalue weighted by Gasteiger charge is 2.22. The van der Waals surface area contributed by atoms with Gasteiger partial charge in [0.2, 0.25) is 0 Å². The number of nitrogens with zero attached hydrogens (tertiary/aromatic N) is 1. The first kappa shape index (κ1) is 11.6. The van der Waals surface area contributed by atoms with Crippen molar-refractivity contribution in [2.75, 3.05) is 6.54 Å². The molecule has 3 nitrogen and oxygen atoms in total. The van der Waals surface area contributed by atoms with Gasteiger partial charge in [-0.25, -0.2) is 0 Å². The second kappa shape index (κ2) is 4.67. The van der Waals surface area contributed by atoms with Gasteiger partial charge in [0, 0.05) is 29.0 Å². The first-order chi connectivity index (χ1) is 8.75. The van der Waals surface area contributed by atoms with Crippen LogP contribution in [0, 0.1) is 0 Å². The minimum Gasteiger partial charge on any atom is -0.508 e. The Bertz CT molecular complexity index is 565. The molecule has 2 aromatic rings. The molecule has 3 rings (SSSR count). The Labute approximate surface area is 111 Å². The van der Waals surface area contributed by atoms with Gasteiger partial charge in [0.1, 0.15) is 5.75 Å². The summed E-state index contributed by atoms with van der Waals surface area (Å²) in [5.41, 5.74) is 2.01. The Balaban J connectivity index is 2.09. The van der Waals surface area contributed by atoms with Crippen LogP contribution in [0.4, 0.5) is 0 Å². The van der Waals surface area contributed by atoms with Crippen LogP contribution in [0.15, 0.2) is 36.5 Å². The van der Waals surface area contributed by atoms with Gasteiger partial charge in [0.05, 0.1) is 6.04 Å². The molecule has 1 aliphatic heterocycles. The third-order valence-corrected chi connectivity index (χ3v) is 3.62. The molecule has 0 fully saturated rings. The summed E-state index contributed by atoms with van der Waals surface area (Å²) in [6.45, 7) is 1.94. The van der Waals surface area contributed by atoms with Crippen LogP contribution in [0.2, 0.25) is 5.02 Å². The monoisotopic (exact) mass is 262 g/mol. The number of hydrogen-bond donors (Lipinski definition) is 2. The normalized spacial score (nSPS) is 19.3. The number of benzene rings is 1. The van der Waals surface area contributed by atoms with Crippen LogP contribution in [0.25, 0.3) is 0 Å². The molecule has 0 radical (unpaired) electrons. The van der Waals surface area contributed by atoms with Crippen LogP contribution in [-0.4, -0.2) is 16.2 Å². The van der Waals surface area contributed by atoms with E-state index in [1.54, 1.807) is 12.1 Å². The van der Waals surface area contributed by atoms with Crippen molar-refractivity contribution in [3.8, 4) is 5.75 Å². The molecule has 1 aliphatic rings. The lowest BCUT2D eigenvalue weighted by atomic mass is 10.0. The fraction of sp³-hybridized carbons (Fsp3) is 0.286. The molecule has 1 aromatic heterocycles. The van der Waals surface area contributed by atoms with Crippen molar-refractivity contribution >= 4 is 11.6 Å². The van der Waals surface area contributed by atoms with Gasteiger partial charge in [-0.05, 0) is 43.3 Å². The molecule has 1 aromatic carbocycles. The summed E-state index contributed by atoms with van der Waals surface area (Å²) in [5.74, 6) is 0.284. The Kier molecular flexibility index (Phi) is 3.02. The van der Waals surface area contributed by atoms with E-state index >= 15 is 0 Å². The molecule has 0 aliphatic carbocycles. The summed E-state index contributed by atoms with van der Waals surface area (Å²) < 4.78 is 2.23. The van der Waals surface area contributed by atoms with E-state index in [2.05, 4.69) is 22.1 Å². The number of aromatic nitrogens is 1. The number of halogens is 1. The molecular formula is C14H15ClN2O. The molecule has 2 N–H and O–H groups in total. The Hall–Kier alpha value is -1.45. The Morgan fingerprint density at radius 2 is 2.22 bits per heavy atom. The van der Waals surface area contributed by atoms with Gasteiger partial charge >= 0.3 is 0 Å². The van der Waals surface area contributed by atoms with Crippen molar-refractivity contribution in [3.05, 3.63) is 52.8 Å². The zero-order valence-corrected chi connectivity index (χ0v) is 10.7. The first-order valence-electron chi connectivity index (χ1n) is 6.12. The smallest absolute Gasteiger partial charge is 0.120 e. The van der Waals surface area contributed by atoms with Crippen LogP contribution >= 0.6 is 11.6 Å². The maximum Gasteiger partial charge on any atom is 0.120 e. The van der Waals surface area contributed by atoms with Crippen molar-refractivity contribution in [1.82, 2.24) is 9.88 Å². The Morgan fingerprint density at radius 3 is 3.11 bits per heavy atom. The first-order valence-corrected chi connectivity index (χ1v) is 6.50. The summed E-state index contributed by atoms with van der Waals surface area (Å²) in [6.07, 6.45) is 3.16. The van der Waals surface area contributed by atoms with E-state index < -0.39 is 0 Å². The van der Waals surface area contributed by atoms with Crippen LogP contribution in [-0.2, 0) is 6.54 Å². The van der Waals surface area contributed by atoms with Crippen LogP contribution in [0.5, 0.6) is 5.75 Å². The maximum atomic E-state index is 10.0. The number of phenols is 1. The van der Waals surface area contributed by atoms with Gasteiger partial charge in [0.25, 0.3) is 0 Å². The molecule has 0 spiro atoms. The topological polar surface area (TPSA) is 37.2 Å². The molecule has 0 saturated heterocycles. The standard InChI is InChI=1S/C14H15ClN2O/c15-10-4-5-13(18)11(9-10)14-12-3-1-7-17(12)8-2-6-16-14/h1,3-5,7,9,14,16,18H,2,6,8H2. The lowest BCUT2D eigenvalue weighted by Crippen LogP contribution is -2.22. The van der Waals surface area contributed by atoms with Crippen molar-refractivity contribution in [2.24, 2.45) is 0 Å². The van der Waals surface area contributed by atoms with Gasteiger partial charge in [0.15, 0.2) is 0 Å². The quantitative estimate of drug-likeness (QED) is 0.829. The minimum absolute atomic E-state index is 0.00111. The minimum atomic E-state index is 0.00111. The average Bonchev–Trinajstić information content (AvgIpc) is 2.73. The van der Waals surface area contributed by atoms with Crippen molar-refractivity contribution in [1.29, 1.82) is 0 Å². The van der Waals surface area contributed by atoms with E-state index in [-0.39, 0.29) is 11.8 Å². The van der Waals surface area contributed by atoms with Gasteiger partial charge in [-0.1, -0.05) is 11.6 Å². The molecule has 1 unspecified atom stereocenters. The number of hydrogen-bond acceptors (Lipinski definition) is 2. The molecule has 1 atom stereocenters. The molecule has 0 saturated carbocycles. The van der Waals surface area contributed by atoms with Gasteiger partial charge in [-0.2, -0.15) is 0 Å². The molecule has 2 heterocycles. The second-order valence-corrected chi connectivity index (χ2v) is 5.01. The molecule has 0 amide bonds. The lowest BCUT2D eigenvalue weighted by Gasteiger charge is -2.19. The summed E-state index contributed by atoms with van der Waals surface area (Å²) in [5, 5.41) is 14.1. The van der Waals surface area contributed by atoms with E-state index in [1.165, 1.54) is 5.69 Å². The van der Waals surface area contributed by atoms with Crippen LogP contribution < -0.4 is 5.32 Å². The van der Waals surface area contributed by atoms with Crippen molar-refractivity contribution < 1.29 is 5.11 Å². The summed E-state index contributed by atoms with van der Waals surface area (Å²) in [6, 6.07) is 9.31. The second-order valence-electron chi connectivity index (χ2n) is 4.57. The van der Waals surface area contributed by atoms with Crippen LogP contribution in [0.1, 0.15) is 23.7 Å². The average molecular weight is 263 g/mol. The van der Waals surface area contributed by atoms with E-state index in [0.717, 1.165) is 25.1 Å². The summed E-state index contributed by atoms with van der Waals surface area (Å²) >= 11 is 6.03. The third kappa shape index (κ3) is 2.00. The van der Waals surface area contributed by atoms with Crippen molar-refractivity contribution in [2.45, 2.75) is 19.0 Å². The highest BCUT2D eigenvalue weighted by atomic mass is 35.5. The molecule has 4 heteroatoms. The Morgan fingerprint density at radius 1 is 1.33 bits per heavy atom. The van der Waals surface area contributed by atoms with Crippen molar-refractivity contribution in [3.63, 3.8) is 0 Å². The van der Waals surface area contributed by atoms with Crippen LogP contribution in [0.3, 0.4) is 0 Å². The summed E-state index contributed by atoms with van der Waals surface area (Å²) in [4.78, 5) is 0. The third-order valence-electron chi connectivity index (χ3n) is 3.39. The molecule has 94 valence electrons. The summed E-state index contributed by atoms with van der Waals surface area (Å²) in [7, 11) is 0. The van der Waals surface area contributed by atoms with Gasteiger partial charge in [-0.15, -0.1) is 0 Å². The zero-order chi connectivity index (χ0) is 12.5. The molecule has 18 heavy (non-hydrogen) atoms. The maximum absolute atomic E-state index is 10.0. The number of aryl methyl sites for hydroxylation is 1. The SMILES string of the molecule is Oc1ccc(Cl)cc1C1NCCCn2cccc21. The number of rotatable bonds is 1. The largest absolute Gasteiger partial charge is 0.508 e. The highest BCUT2D eigenvalue weighted by Crippen LogP contribution is 2.32. The number of fused-ring (bicyclic) bond motifs is 1. The van der Waals surface area contributed by atoms with E-state index in [4.69, 9.17) is 11.6 Å². The number of nitrogens with one attached hydrogen (secondary N) is 1. The van der Waals surface area contributed by atoms with E-state index in [9.17, 15) is 5.11 Å². The lowest BCUT2D eigenvalue weighted by molar-refractivity contribution is 0.457. The fourth-order valence-electron chi connectivity index (χ4n) is 2.52. The zero-order valence-electron chi connectivity index (χ0n) is 9.94. The molecule has 0 bridgehead atoms. The number of aromatic hydroxyl groups is 1. The fourth-order valence-corrected chi connectivity index (χ4v) is 2.70. The van der Waals surface area contributed by atoms with Gasteiger partial charge in [-0.3, -0.25) is 0 Å².